The van der Waals surface area contributed by atoms with Gasteiger partial charge >= 0.3 is 0 Å². The second kappa shape index (κ2) is 10.4. The van der Waals surface area contributed by atoms with E-state index in [1.165, 1.54) is 5.56 Å². The highest BCUT2D eigenvalue weighted by Gasteiger charge is 2.23. The smallest absolute Gasteiger partial charge is 0.276 e. The minimum Gasteiger partial charge on any atom is -0.483 e. The molecule has 0 heterocycles. The van der Waals surface area contributed by atoms with Gasteiger partial charge in [-0.25, -0.2) is 0 Å². The molecule has 2 aromatic rings. The van der Waals surface area contributed by atoms with Crippen LogP contribution in [0.1, 0.15) is 58.2 Å². The lowest BCUT2D eigenvalue weighted by Crippen LogP contribution is -2.45. The Morgan fingerprint density at radius 2 is 1.34 bits per heavy atom. The van der Waals surface area contributed by atoms with E-state index in [-0.39, 0.29) is 24.0 Å². The Kier molecular flexibility index (Phi) is 8.35. The van der Waals surface area contributed by atoms with E-state index in [1.54, 1.807) is 6.07 Å². The minimum absolute atomic E-state index is 0.0103. The summed E-state index contributed by atoms with van der Waals surface area (Å²) in [6, 6.07) is 11.6. The molecule has 0 aliphatic carbocycles. The summed E-state index contributed by atoms with van der Waals surface area (Å²) >= 11 is 3.39. The van der Waals surface area contributed by atoms with E-state index >= 15 is 0 Å². The Balaban J connectivity index is 1.89. The summed E-state index contributed by atoms with van der Waals surface area (Å²) in [5, 5.41) is 0. The predicted molar refractivity (Wildman–Crippen MR) is 130 cm³/mol. The van der Waals surface area contributed by atoms with Crippen LogP contribution in [0.25, 0.3) is 0 Å². The zero-order chi connectivity index (χ0) is 24.1. The van der Waals surface area contributed by atoms with Crippen LogP contribution in [0.4, 0.5) is 0 Å². The summed E-state index contributed by atoms with van der Waals surface area (Å²) in [6.07, 6.45) is 0. The van der Waals surface area contributed by atoms with Crippen LogP contribution in [0.5, 0.6) is 11.5 Å². The van der Waals surface area contributed by atoms with Crippen molar-refractivity contribution in [1.29, 1.82) is 0 Å². The van der Waals surface area contributed by atoms with Crippen LogP contribution < -0.4 is 20.3 Å². The van der Waals surface area contributed by atoms with Gasteiger partial charge in [-0.05, 0) is 68.6 Å². The highest BCUT2D eigenvalue weighted by molar-refractivity contribution is 9.10. The van der Waals surface area contributed by atoms with Gasteiger partial charge in [0.15, 0.2) is 13.2 Å². The molecule has 174 valence electrons. The summed E-state index contributed by atoms with van der Waals surface area (Å²) in [4.78, 5) is 24.2. The molecular weight excluding hydrogens is 472 g/mol. The van der Waals surface area contributed by atoms with E-state index in [4.69, 9.17) is 9.47 Å². The molecule has 0 spiro atoms. The predicted octanol–water partition coefficient (Wildman–Crippen LogP) is 4.96. The molecule has 0 bridgehead atoms. The number of ether oxygens (including phenoxy) is 2. The van der Waals surface area contributed by atoms with E-state index in [2.05, 4.69) is 74.4 Å². The van der Waals surface area contributed by atoms with Crippen molar-refractivity contribution in [2.24, 2.45) is 0 Å². The highest BCUT2D eigenvalue weighted by atomic mass is 79.9. The van der Waals surface area contributed by atoms with Crippen LogP contribution in [0.3, 0.4) is 0 Å². The molecular formula is C25H33BrN2O4. The zero-order valence-electron chi connectivity index (χ0n) is 19.9. The maximum atomic E-state index is 12.2. The van der Waals surface area contributed by atoms with Crippen LogP contribution >= 0.6 is 15.9 Å². The van der Waals surface area contributed by atoms with Gasteiger partial charge in [-0.1, -0.05) is 59.7 Å². The lowest BCUT2D eigenvalue weighted by molar-refractivity contribution is -0.131. The lowest BCUT2D eigenvalue weighted by Gasteiger charge is -2.27. The van der Waals surface area contributed by atoms with Crippen LogP contribution in [-0.2, 0) is 20.4 Å². The van der Waals surface area contributed by atoms with Gasteiger partial charge in [-0.2, -0.15) is 0 Å². The Morgan fingerprint density at radius 3 is 1.84 bits per heavy atom. The van der Waals surface area contributed by atoms with Crippen molar-refractivity contribution in [3.63, 3.8) is 0 Å². The van der Waals surface area contributed by atoms with Crippen molar-refractivity contribution >= 4 is 27.7 Å². The quantitative estimate of drug-likeness (QED) is 0.545. The van der Waals surface area contributed by atoms with Crippen molar-refractivity contribution in [3.05, 3.63) is 57.6 Å². The number of hydrazine groups is 1. The molecule has 6 nitrogen and oxygen atoms in total. The molecule has 0 unspecified atom stereocenters. The van der Waals surface area contributed by atoms with E-state index in [9.17, 15) is 9.59 Å². The van der Waals surface area contributed by atoms with E-state index in [1.807, 2.05) is 31.2 Å². The van der Waals surface area contributed by atoms with Gasteiger partial charge in [0.25, 0.3) is 11.8 Å². The standard InChI is InChI=1S/C25H33BrN2O4/c1-16-8-10-21(19(26)12-16)32-15-23(30)28-27-22(29)14-31-20-11-9-17(24(2,3)4)13-18(20)25(5,6)7/h8-13H,14-15H2,1-7H3,(H,27,29)(H,28,30). The van der Waals surface area contributed by atoms with E-state index in [0.29, 0.717) is 11.5 Å². The average Bonchev–Trinajstić information content (AvgIpc) is 2.68. The van der Waals surface area contributed by atoms with Gasteiger partial charge in [0.1, 0.15) is 11.5 Å². The first-order valence-electron chi connectivity index (χ1n) is 10.5. The number of rotatable bonds is 6. The molecule has 32 heavy (non-hydrogen) atoms. The number of hydrogen-bond donors (Lipinski definition) is 2. The summed E-state index contributed by atoms with van der Waals surface area (Å²) < 4.78 is 12.0. The first kappa shape index (κ1) is 25.7. The molecule has 2 amide bonds. The SMILES string of the molecule is Cc1ccc(OCC(=O)NNC(=O)COc2ccc(C(C)(C)C)cc2C(C)(C)C)c(Br)c1. The van der Waals surface area contributed by atoms with Crippen molar-refractivity contribution in [2.45, 2.75) is 59.3 Å². The molecule has 0 saturated carbocycles. The number of carbonyl (C=O) groups excluding carboxylic acids is 2. The molecule has 7 heteroatoms. The largest absolute Gasteiger partial charge is 0.483 e. The van der Waals surface area contributed by atoms with Gasteiger partial charge in [-0.15, -0.1) is 0 Å². The topological polar surface area (TPSA) is 76.7 Å². The number of hydrogen-bond acceptors (Lipinski definition) is 4. The van der Waals surface area contributed by atoms with Crippen LogP contribution in [0, 0.1) is 6.92 Å². The Labute approximate surface area is 199 Å². The van der Waals surface area contributed by atoms with Crippen molar-refractivity contribution in [2.75, 3.05) is 13.2 Å². The third-order valence-corrected chi connectivity index (χ3v) is 5.42. The fourth-order valence-electron chi connectivity index (χ4n) is 2.93. The van der Waals surface area contributed by atoms with Gasteiger partial charge in [-0.3, -0.25) is 20.4 Å². The van der Waals surface area contributed by atoms with E-state index in [0.717, 1.165) is 15.6 Å². The molecule has 0 radical (unpaired) electrons. The third kappa shape index (κ3) is 7.55. The number of carbonyl (C=O) groups is 2. The monoisotopic (exact) mass is 504 g/mol. The van der Waals surface area contributed by atoms with Crippen molar-refractivity contribution in [1.82, 2.24) is 10.9 Å². The molecule has 0 aliphatic heterocycles. The normalized spacial score (nSPS) is 11.6. The molecule has 0 fully saturated rings. The molecule has 0 saturated heterocycles. The maximum Gasteiger partial charge on any atom is 0.276 e. The van der Waals surface area contributed by atoms with E-state index < -0.39 is 11.8 Å². The molecule has 2 N–H and O–H groups in total. The van der Waals surface area contributed by atoms with Gasteiger partial charge in [0.05, 0.1) is 4.47 Å². The fourth-order valence-corrected chi connectivity index (χ4v) is 3.54. The molecule has 2 aromatic carbocycles. The second-order valence-electron chi connectivity index (χ2n) is 9.82. The summed E-state index contributed by atoms with van der Waals surface area (Å²) in [5.41, 5.74) is 7.85. The minimum atomic E-state index is -0.476. The second-order valence-corrected chi connectivity index (χ2v) is 10.7. The maximum absolute atomic E-state index is 12.2. The number of halogens is 1. The highest BCUT2D eigenvalue weighted by Crippen LogP contribution is 2.35. The first-order valence-corrected chi connectivity index (χ1v) is 11.3. The fraction of sp³-hybridized carbons (Fsp3) is 0.440. The number of nitrogens with one attached hydrogen (secondary N) is 2. The Bertz CT molecular complexity index is 975. The summed E-state index contributed by atoms with van der Waals surface area (Å²) in [5.74, 6) is 0.263. The Morgan fingerprint density at radius 1 is 0.812 bits per heavy atom. The first-order chi connectivity index (χ1) is 14.8. The van der Waals surface area contributed by atoms with Gasteiger partial charge < -0.3 is 9.47 Å². The third-order valence-electron chi connectivity index (χ3n) is 4.80. The molecule has 2 rings (SSSR count). The van der Waals surface area contributed by atoms with Gasteiger partial charge in [0, 0.05) is 0 Å². The lowest BCUT2D eigenvalue weighted by atomic mass is 9.80. The number of benzene rings is 2. The summed E-state index contributed by atoms with van der Waals surface area (Å²) in [6.45, 7) is 14.3. The Hall–Kier alpha value is -2.54. The van der Waals surface area contributed by atoms with Crippen molar-refractivity contribution < 1.29 is 19.1 Å². The molecule has 0 aliphatic rings. The van der Waals surface area contributed by atoms with Crippen molar-refractivity contribution in [3.8, 4) is 11.5 Å². The molecule has 0 atom stereocenters. The summed E-state index contributed by atoms with van der Waals surface area (Å²) in [7, 11) is 0. The number of amides is 2. The van der Waals surface area contributed by atoms with Crippen LogP contribution in [0.2, 0.25) is 0 Å². The molecule has 0 aromatic heterocycles. The van der Waals surface area contributed by atoms with Gasteiger partial charge in [0.2, 0.25) is 0 Å². The van der Waals surface area contributed by atoms with Crippen LogP contribution in [-0.4, -0.2) is 25.0 Å². The van der Waals surface area contributed by atoms with Crippen LogP contribution in [0.15, 0.2) is 40.9 Å². The average molecular weight is 505 g/mol. The number of aryl methyl sites for hydroxylation is 1. The zero-order valence-corrected chi connectivity index (χ0v) is 21.5.